The van der Waals surface area contributed by atoms with Crippen molar-refractivity contribution in [3.8, 4) is 11.5 Å². The quantitative estimate of drug-likeness (QED) is 0.785. The number of hydrogen-bond acceptors (Lipinski definition) is 4. The van der Waals surface area contributed by atoms with Crippen molar-refractivity contribution >= 4 is 17.2 Å². The molecule has 144 valence electrons. The molecule has 0 bridgehead atoms. The van der Waals surface area contributed by atoms with Gasteiger partial charge in [0.15, 0.2) is 0 Å². The van der Waals surface area contributed by atoms with Crippen LogP contribution in [0.2, 0.25) is 0 Å². The zero-order valence-electron chi connectivity index (χ0n) is 16.6. The van der Waals surface area contributed by atoms with Crippen LogP contribution < -0.4 is 14.8 Å². The average molecular weight is 386 g/mol. The summed E-state index contributed by atoms with van der Waals surface area (Å²) in [4.78, 5) is 15.1. The molecule has 27 heavy (non-hydrogen) atoms. The Morgan fingerprint density at radius 2 is 2.15 bits per heavy atom. The first-order chi connectivity index (χ1) is 12.9. The van der Waals surface area contributed by atoms with Gasteiger partial charge in [0.25, 0.3) is 5.91 Å². The van der Waals surface area contributed by atoms with E-state index in [4.69, 9.17) is 9.47 Å². The molecule has 2 aliphatic rings. The number of carbonyl (C=O) groups excluding carboxylic acids is 1. The Kier molecular flexibility index (Phi) is 4.46. The van der Waals surface area contributed by atoms with Crippen molar-refractivity contribution < 1.29 is 14.3 Å². The molecule has 0 radical (unpaired) electrons. The normalized spacial score (nSPS) is 21.4. The van der Waals surface area contributed by atoms with Gasteiger partial charge in [0.1, 0.15) is 11.5 Å². The Balaban J connectivity index is 1.49. The topological polar surface area (TPSA) is 47.6 Å². The van der Waals surface area contributed by atoms with E-state index in [-0.39, 0.29) is 5.91 Å². The Hall–Kier alpha value is -2.01. The van der Waals surface area contributed by atoms with E-state index in [1.807, 2.05) is 25.1 Å². The summed E-state index contributed by atoms with van der Waals surface area (Å²) in [7, 11) is 1.64. The smallest absolute Gasteiger partial charge is 0.261 e. The highest BCUT2D eigenvalue weighted by Crippen LogP contribution is 2.71. The van der Waals surface area contributed by atoms with E-state index in [0.717, 1.165) is 28.4 Å². The molecule has 1 heterocycles. The van der Waals surface area contributed by atoms with Crippen LogP contribution in [0.5, 0.6) is 11.5 Å². The minimum Gasteiger partial charge on any atom is -0.496 e. The van der Waals surface area contributed by atoms with Crippen LogP contribution in [0.1, 0.15) is 57.9 Å². The maximum absolute atomic E-state index is 12.9. The number of carbonyl (C=O) groups is 1. The van der Waals surface area contributed by atoms with Crippen molar-refractivity contribution in [1.82, 2.24) is 5.32 Å². The minimum absolute atomic E-state index is 0.0272. The number of nitrogens with one attached hydrogen (secondary N) is 1. The lowest BCUT2D eigenvalue weighted by Gasteiger charge is -2.13. The zero-order chi connectivity index (χ0) is 19.3. The Labute approximate surface area is 164 Å². The summed E-state index contributed by atoms with van der Waals surface area (Å²) in [5, 5.41) is 3.09. The molecule has 1 amide bonds. The first kappa shape index (κ1) is 18.4. The van der Waals surface area contributed by atoms with Crippen LogP contribution in [-0.4, -0.2) is 19.6 Å². The SMILES string of the molecule is CCOc1ccc(CNC(=O)c2sc(C)c3c2C[C@@H]2[C@H]3C2(C)C)c(OC)c1. The molecule has 5 heteroatoms. The molecule has 1 N–H and O–H groups in total. The summed E-state index contributed by atoms with van der Waals surface area (Å²) in [6, 6.07) is 5.73. The Morgan fingerprint density at radius 3 is 2.85 bits per heavy atom. The number of benzene rings is 1. The van der Waals surface area contributed by atoms with Crippen LogP contribution >= 0.6 is 11.3 Å². The average Bonchev–Trinajstić information content (AvgIpc) is 2.97. The van der Waals surface area contributed by atoms with Gasteiger partial charge in [-0.2, -0.15) is 0 Å². The third-order valence-electron chi connectivity index (χ3n) is 6.23. The van der Waals surface area contributed by atoms with Gasteiger partial charge in [-0.25, -0.2) is 0 Å². The van der Waals surface area contributed by atoms with Gasteiger partial charge in [-0.3, -0.25) is 4.79 Å². The second-order valence-electron chi connectivity index (χ2n) is 8.08. The fourth-order valence-corrected chi connectivity index (χ4v) is 5.85. The van der Waals surface area contributed by atoms with Gasteiger partial charge >= 0.3 is 0 Å². The lowest BCUT2D eigenvalue weighted by molar-refractivity contribution is 0.0953. The van der Waals surface area contributed by atoms with E-state index in [1.54, 1.807) is 18.4 Å². The van der Waals surface area contributed by atoms with Crippen molar-refractivity contribution in [1.29, 1.82) is 0 Å². The number of thiophene rings is 1. The van der Waals surface area contributed by atoms with Crippen LogP contribution in [0.3, 0.4) is 0 Å². The summed E-state index contributed by atoms with van der Waals surface area (Å²) in [6.45, 7) is 9.86. The Morgan fingerprint density at radius 1 is 1.37 bits per heavy atom. The van der Waals surface area contributed by atoms with E-state index >= 15 is 0 Å². The zero-order valence-corrected chi connectivity index (χ0v) is 17.5. The first-order valence-electron chi connectivity index (χ1n) is 9.58. The van der Waals surface area contributed by atoms with Gasteiger partial charge in [-0.15, -0.1) is 11.3 Å². The summed E-state index contributed by atoms with van der Waals surface area (Å²) in [6.07, 6.45) is 1.05. The van der Waals surface area contributed by atoms with E-state index < -0.39 is 0 Å². The monoisotopic (exact) mass is 385 g/mol. The number of aryl methyl sites for hydroxylation is 1. The van der Waals surface area contributed by atoms with Crippen LogP contribution in [0.15, 0.2) is 18.2 Å². The molecule has 1 saturated carbocycles. The number of ether oxygens (including phenoxy) is 2. The molecule has 0 spiro atoms. The number of fused-ring (bicyclic) bond motifs is 3. The second-order valence-corrected chi connectivity index (χ2v) is 9.30. The van der Waals surface area contributed by atoms with E-state index in [9.17, 15) is 4.79 Å². The summed E-state index contributed by atoms with van der Waals surface area (Å²) >= 11 is 1.65. The van der Waals surface area contributed by atoms with Crippen molar-refractivity contribution in [3.05, 3.63) is 44.6 Å². The fourth-order valence-electron chi connectivity index (χ4n) is 4.70. The van der Waals surface area contributed by atoms with Gasteiger partial charge in [0.05, 0.1) is 18.6 Å². The molecule has 0 aliphatic heterocycles. The lowest BCUT2D eigenvalue weighted by Crippen LogP contribution is -2.23. The summed E-state index contributed by atoms with van der Waals surface area (Å²) in [5.74, 6) is 2.90. The molecule has 1 aromatic carbocycles. The molecule has 0 saturated heterocycles. The molecule has 1 aromatic heterocycles. The first-order valence-corrected chi connectivity index (χ1v) is 10.4. The molecule has 2 aliphatic carbocycles. The van der Waals surface area contributed by atoms with Crippen LogP contribution in [0.4, 0.5) is 0 Å². The molecule has 2 atom stereocenters. The molecular weight excluding hydrogens is 358 g/mol. The number of hydrogen-bond donors (Lipinski definition) is 1. The highest BCUT2D eigenvalue weighted by Gasteiger charge is 2.63. The summed E-state index contributed by atoms with van der Waals surface area (Å²) < 4.78 is 11.0. The van der Waals surface area contributed by atoms with Crippen molar-refractivity contribution in [2.45, 2.75) is 46.6 Å². The third kappa shape index (κ3) is 2.92. The number of rotatable bonds is 6. The Bertz CT molecular complexity index is 899. The lowest BCUT2D eigenvalue weighted by atomic mass is 9.95. The molecule has 0 unspecified atom stereocenters. The molecule has 4 nitrogen and oxygen atoms in total. The second kappa shape index (κ2) is 6.55. The standard InChI is InChI=1S/C22H27NO3S/c1-6-26-14-8-7-13(17(9-14)25-5)11-23-21(24)20-15-10-16-19(22(16,3)4)18(15)12(2)27-20/h7-9,16,19H,6,10-11H2,1-5H3,(H,23,24)/t16-,19-/m1/s1. The van der Waals surface area contributed by atoms with Gasteiger partial charge < -0.3 is 14.8 Å². The highest BCUT2D eigenvalue weighted by molar-refractivity contribution is 7.14. The highest BCUT2D eigenvalue weighted by atomic mass is 32.1. The van der Waals surface area contributed by atoms with Crippen LogP contribution in [0.25, 0.3) is 0 Å². The van der Waals surface area contributed by atoms with Crippen LogP contribution in [-0.2, 0) is 13.0 Å². The van der Waals surface area contributed by atoms with Crippen molar-refractivity contribution in [2.24, 2.45) is 11.3 Å². The fraction of sp³-hybridized carbons (Fsp3) is 0.500. The largest absolute Gasteiger partial charge is 0.496 e. The van der Waals surface area contributed by atoms with Gasteiger partial charge in [-0.1, -0.05) is 13.8 Å². The number of methoxy groups -OCH3 is 1. The van der Waals surface area contributed by atoms with E-state index in [0.29, 0.717) is 30.4 Å². The molecule has 4 rings (SSSR count). The molecule has 1 fully saturated rings. The minimum atomic E-state index is 0.0272. The molecular formula is C22H27NO3S. The predicted octanol–water partition coefficient (Wildman–Crippen LogP) is 4.69. The van der Waals surface area contributed by atoms with E-state index in [1.165, 1.54) is 16.0 Å². The van der Waals surface area contributed by atoms with Crippen molar-refractivity contribution in [2.75, 3.05) is 13.7 Å². The van der Waals surface area contributed by atoms with Gasteiger partial charge in [-0.05, 0) is 60.8 Å². The van der Waals surface area contributed by atoms with Crippen LogP contribution in [0, 0.1) is 18.3 Å². The van der Waals surface area contributed by atoms with Crippen molar-refractivity contribution in [3.63, 3.8) is 0 Å². The molecule has 2 aromatic rings. The predicted molar refractivity (Wildman–Crippen MR) is 108 cm³/mol. The maximum atomic E-state index is 12.9. The van der Waals surface area contributed by atoms with Gasteiger partial charge in [0.2, 0.25) is 0 Å². The number of amides is 1. The third-order valence-corrected chi connectivity index (χ3v) is 7.40. The van der Waals surface area contributed by atoms with Gasteiger partial charge in [0, 0.05) is 23.1 Å². The summed E-state index contributed by atoms with van der Waals surface area (Å²) in [5.41, 5.74) is 4.10. The maximum Gasteiger partial charge on any atom is 0.261 e. The van der Waals surface area contributed by atoms with E-state index in [2.05, 4.69) is 26.1 Å².